The van der Waals surface area contributed by atoms with E-state index in [9.17, 15) is 4.79 Å². The third-order valence-corrected chi connectivity index (χ3v) is 3.57. The molecule has 3 nitrogen and oxygen atoms in total. The molecule has 0 aromatic heterocycles. The van der Waals surface area contributed by atoms with Gasteiger partial charge in [0.15, 0.2) is 0 Å². The van der Waals surface area contributed by atoms with Crippen LogP contribution >= 0.6 is 0 Å². The first-order valence-electron chi connectivity index (χ1n) is 7.04. The second-order valence-corrected chi connectivity index (χ2v) is 5.34. The van der Waals surface area contributed by atoms with Gasteiger partial charge < -0.3 is 9.47 Å². The van der Waals surface area contributed by atoms with Gasteiger partial charge in [-0.2, -0.15) is 0 Å². The normalized spacial score (nSPS) is 20.3. The van der Waals surface area contributed by atoms with E-state index in [1.807, 2.05) is 18.2 Å². The molecule has 1 aliphatic heterocycles. The number of esters is 1. The predicted molar refractivity (Wildman–Crippen MR) is 73.6 cm³/mol. The summed E-state index contributed by atoms with van der Waals surface area (Å²) in [6.07, 6.45) is 2.83. The standard InChI is InChI=1S/C16H22O3/c1-13(7-8-15-9-10-19-16(15)17)11-18-12-14-5-3-2-4-6-14/h2-6,13,15H,7-12H2,1H3. The van der Waals surface area contributed by atoms with Crippen LogP contribution in [0, 0.1) is 11.8 Å². The SMILES string of the molecule is CC(CCC1CCOC1=O)COCc1ccccc1. The van der Waals surface area contributed by atoms with E-state index < -0.39 is 0 Å². The minimum absolute atomic E-state index is 0.0163. The van der Waals surface area contributed by atoms with Crippen LogP contribution in [0.1, 0.15) is 31.7 Å². The van der Waals surface area contributed by atoms with Crippen molar-refractivity contribution >= 4 is 5.97 Å². The first-order valence-corrected chi connectivity index (χ1v) is 7.04. The fourth-order valence-corrected chi connectivity index (χ4v) is 2.32. The highest BCUT2D eigenvalue weighted by atomic mass is 16.5. The summed E-state index contributed by atoms with van der Waals surface area (Å²) in [5.74, 6) is 0.589. The quantitative estimate of drug-likeness (QED) is 0.708. The highest BCUT2D eigenvalue weighted by Crippen LogP contribution is 2.22. The lowest BCUT2D eigenvalue weighted by atomic mass is 9.96. The van der Waals surface area contributed by atoms with Crippen LogP contribution in [0.2, 0.25) is 0 Å². The molecule has 1 heterocycles. The summed E-state index contributed by atoms with van der Waals surface area (Å²) in [4.78, 5) is 11.3. The molecular weight excluding hydrogens is 240 g/mol. The Hall–Kier alpha value is -1.35. The zero-order valence-electron chi connectivity index (χ0n) is 11.5. The fraction of sp³-hybridized carbons (Fsp3) is 0.562. The Bertz CT molecular complexity index is 388. The van der Waals surface area contributed by atoms with E-state index in [0.29, 0.717) is 19.1 Å². The minimum atomic E-state index is -0.0163. The van der Waals surface area contributed by atoms with Crippen LogP contribution in [0.3, 0.4) is 0 Å². The molecule has 0 N–H and O–H groups in total. The third-order valence-electron chi connectivity index (χ3n) is 3.57. The molecule has 1 aromatic carbocycles. The van der Waals surface area contributed by atoms with Crippen LogP contribution < -0.4 is 0 Å². The summed E-state index contributed by atoms with van der Waals surface area (Å²) in [7, 11) is 0. The zero-order chi connectivity index (χ0) is 13.5. The monoisotopic (exact) mass is 262 g/mol. The van der Waals surface area contributed by atoms with Crippen LogP contribution in [0.15, 0.2) is 30.3 Å². The second kappa shape index (κ2) is 7.29. The Balaban J connectivity index is 1.59. The number of hydrogen-bond acceptors (Lipinski definition) is 3. The van der Waals surface area contributed by atoms with E-state index in [1.165, 1.54) is 5.56 Å². The summed E-state index contributed by atoms with van der Waals surface area (Å²) in [6.45, 7) is 4.18. The first-order chi connectivity index (χ1) is 9.25. The van der Waals surface area contributed by atoms with Crippen LogP contribution in [-0.2, 0) is 20.9 Å². The van der Waals surface area contributed by atoms with Crippen molar-refractivity contribution in [3.8, 4) is 0 Å². The van der Waals surface area contributed by atoms with Gasteiger partial charge in [-0.1, -0.05) is 37.3 Å². The molecule has 0 bridgehead atoms. The number of carbonyl (C=O) groups excluding carboxylic acids is 1. The molecule has 19 heavy (non-hydrogen) atoms. The molecule has 0 spiro atoms. The highest BCUT2D eigenvalue weighted by Gasteiger charge is 2.26. The van der Waals surface area contributed by atoms with Gasteiger partial charge in [-0.25, -0.2) is 0 Å². The van der Waals surface area contributed by atoms with Crippen molar-refractivity contribution in [1.82, 2.24) is 0 Å². The summed E-state index contributed by atoms with van der Waals surface area (Å²) in [5, 5.41) is 0. The van der Waals surface area contributed by atoms with Crippen LogP contribution in [0.4, 0.5) is 0 Å². The Morgan fingerprint density at radius 3 is 2.84 bits per heavy atom. The number of cyclic esters (lactones) is 1. The lowest BCUT2D eigenvalue weighted by Crippen LogP contribution is -2.12. The van der Waals surface area contributed by atoms with Crippen molar-refractivity contribution in [3.63, 3.8) is 0 Å². The average Bonchev–Trinajstić information content (AvgIpc) is 2.83. The van der Waals surface area contributed by atoms with E-state index >= 15 is 0 Å². The van der Waals surface area contributed by atoms with Gasteiger partial charge in [0.1, 0.15) is 0 Å². The molecule has 104 valence electrons. The summed E-state index contributed by atoms with van der Waals surface area (Å²) < 4.78 is 10.7. The summed E-state index contributed by atoms with van der Waals surface area (Å²) >= 11 is 0. The van der Waals surface area contributed by atoms with E-state index in [-0.39, 0.29) is 11.9 Å². The fourth-order valence-electron chi connectivity index (χ4n) is 2.32. The first kappa shape index (κ1) is 14.1. The molecule has 2 unspecified atom stereocenters. The molecule has 1 saturated heterocycles. The lowest BCUT2D eigenvalue weighted by Gasteiger charge is -2.13. The van der Waals surface area contributed by atoms with Gasteiger partial charge in [-0.05, 0) is 30.7 Å². The molecule has 2 atom stereocenters. The molecule has 1 aliphatic rings. The van der Waals surface area contributed by atoms with Crippen molar-refractivity contribution in [1.29, 1.82) is 0 Å². The van der Waals surface area contributed by atoms with Crippen molar-refractivity contribution in [2.75, 3.05) is 13.2 Å². The van der Waals surface area contributed by atoms with Crippen molar-refractivity contribution in [2.24, 2.45) is 11.8 Å². The van der Waals surface area contributed by atoms with Crippen LogP contribution in [-0.4, -0.2) is 19.2 Å². The molecule has 0 saturated carbocycles. The maximum atomic E-state index is 11.3. The Kier molecular flexibility index (Phi) is 5.40. The van der Waals surface area contributed by atoms with Gasteiger partial charge in [0.2, 0.25) is 0 Å². The van der Waals surface area contributed by atoms with Gasteiger partial charge in [-0.15, -0.1) is 0 Å². The molecule has 0 amide bonds. The number of carbonyl (C=O) groups is 1. The molecule has 3 heteroatoms. The van der Waals surface area contributed by atoms with Gasteiger partial charge in [0, 0.05) is 6.61 Å². The smallest absolute Gasteiger partial charge is 0.309 e. The minimum Gasteiger partial charge on any atom is -0.465 e. The lowest BCUT2D eigenvalue weighted by molar-refractivity contribution is -0.141. The van der Waals surface area contributed by atoms with E-state index in [2.05, 4.69) is 19.1 Å². The predicted octanol–water partition coefficient (Wildman–Crippen LogP) is 3.18. The topological polar surface area (TPSA) is 35.5 Å². The van der Waals surface area contributed by atoms with Gasteiger partial charge in [0.25, 0.3) is 0 Å². The molecule has 0 radical (unpaired) electrons. The Morgan fingerprint density at radius 2 is 2.16 bits per heavy atom. The maximum Gasteiger partial charge on any atom is 0.309 e. The highest BCUT2D eigenvalue weighted by molar-refractivity contribution is 5.73. The van der Waals surface area contributed by atoms with Crippen LogP contribution in [0.5, 0.6) is 0 Å². The van der Waals surface area contributed by atoms with E-state index in [0.717, 1.165) is 25.9 Å². The average molecular weight is 262 g/mol. The molecule has 0 aliphatic carbocycles. The van der Waals surface area contributed by atoms with E-state index in [4.69, 9.17) is 9.47 Å². The summed E-state index contributed by atoms with van der Waals surface area (Å²) in [5.41, 5.74) is 1.20. The largest absolute Gasteiger partial charge is 0.465 e. The molecular formula is C16H22O3. The molecule has 1 aromatic rings. The Labute approximate surface area is 114 Å². The molecule has 2 rings (SSSR count). The maximum absolute atomic E-state index is 11.3. The third kappa shape index (κ3) is 4.67. The van der Waals surface area contributed by atoms with Gasteiger partial charge >= 0.3 is 5.97 Å². The van der Waals surface area contributed by atoms with Crippen LogP contribution in [0.25, 0.3) is 0 Å². The second-order valence-electron chi connectivity index (χ2n) is 5.34. The number of ether oxygens (including phenoxy) is 2. The van der Waals surface area contributed by atoms with E-state index in [1.54, 1.807) is 0 Å². The molecule has 1 fully saturated rings. The van der Waals surface area contributed by atoms with Crippen molar-refractivity contribution in [3.05, 3.63) is 35.9 Å². The number of hydrogen-bond donors (Lipinski definition) is 0. The van der Waals surface area contributed by atoms with Crippen molar-refractivity contribution in [2.45, 2.75) is 32.8 Å². The number of rotatable bonds is 7. The Morgan fingerprint density at radius 1 is 1.37 bits per heavy atom. The van der Waals surface area contributed by atoms with Crippen molar-refractivity contribution < 1.29 is 14.3 Å². The van der Waals surface area contributed by atoms with Gasteiger partial charge in [0.05, 0.1) is 19.1 Å². The number of benzene rings is 1. The summed E-state index contributed by atoms with van der Waals surface area (Å²) in [6, 6.07) is 10.2. The van der Waals surface area contributed by atoms with Gasteiger partial charge in [-0.3, -0.25) is 4.79 Å². The zero-order valence-corrected chi connectivity index (χ0v) is 11.5.